The minimum atomic E-state index is -0.480. The number of thioether (sulfide) groups is 1. The van der Waals surface area contributed by atoms with E-state index in [-0.39, 0.29) is 17.5 Å². The van der Waals surface area contributed by atoms with E-state index < -0.39 is 5.25 Å². The predicted octanol–water partition coefficient (Wildman–Crippen LogP) is 2.63. The van der Waals surface area contributed by atoms with Crippen LogP contribution in [0.2, 0.25) is 0 Å². The minimum absolute atomic E-state index is 0.137. The van der Waals surface area contributed by atoms with Crippen LogP contribution in [0.4, 0.5) is 10.1 Å². The van der Waals surface area contributed by atoms with E-state index in [2.05, 4.69) is 20.8 Å². The maximum Gasteiger partial charge on any atom is 0.237 e. The topological polar surface area (TPSA) is 92.9 Å². The first kappa shape index (κ1) is 16.9. The van der Waals surface area contributed by atoms with Crippen LogP contribution in [0.3, 0.4) is 0 Å². The Bertz CT molecular complexity index is 867. The highest BCUT2D eigenvalue weighted by atomic mass is 32.2. The van der Waals surface area contributed by atoms with E-state index >= 15 is 0 Å². The van der Waals surface area contributed by atoms with Gasteiger partial charge < -0.3 is 10.4 Å². The Morgan fingerprint density at radius 3 is 2.56 bits per heavy atom. The summed E-state index contributed by atoms with van der Waals surface area (Å²) in [6.07, 6.45) is 0. The summed E-state index contributed by atoms with van der Waals surface area (Å²) >= 11 is 1.18. The molecule has 128 valence electrons. The highest BCUT2D eigenvalue weighted by Gasteiger charge is 2.19. The number of nitrogens with zero attached hydrogens (tertiary/aromatic N) is 4. The number of benzene rings is 2. The van der Waals surface area contributed by atoms with E-state index in [1.54, 1.807) is 19.1 Å². The maximum absolute atomic E-state index is 12.9. The number of aromatic hydroxyl groups is 1. The lowest BCUT2D eigenvalue weighted by atomic mass is 10.3. The van der Waals surface area contributed by atoms with Crippen molar-refractivity contribution in [3.05, 3.63) is 54.3 Å². The standard InChI is InChI=1S/C16H14FN5O2S/c1-10(15(24)18-12-4-2-11(17)3-5-12)25-16-19-20-21-22(16)13-6-8-14(23)9-7-13/h2-10,23H,1H3,(H,18,24)/t10-/m1/s1. The van der Waals surface area contributed by atoms with Gasteiger partial charge in [0.2, 0.25) is 11.1 Å². The van der Waals surface area contributed by atoms with Gasteiger partial charge in [0, 0.05) is 5.69 Å². The van der Waals surface area contributed by atoms with Gasteiger partial charge in [0.05, 0.1) is 10.9 Å². The zero-order chi connectivity index (χ0) is 17.8. The molecule has 0 radical (unpaired) electrons. The van der Waals surface area contributed by atoms with Crippen molar-refractivity contribution < 1.29 is 14.3 Å². The predicted molar refractivity (Wildman–Crippen MR) is 91.2 cm³/mol. The van der Waals surface area contributed by atoms with Crippen molar-refractivity contribution >= 4 is 23.4 Å². The summed E-state index contributed by atoms with van der Waals surface area (Å²) in [6.45, 7) is 1.72. The summed E-state index contributed by atoms with van der Waals surface area (Å²) in [7, 11) is 0. The van der Waals surface area contributed by atoms with Crippen molar-refractivity contribution in [2.45, 2.75) is 17.3 Å². The lowest BCUT2D eigenvalue weighted by Crippen LogP contribution is -2.22. The van der Waals surface area contributed by atoms with Gasteiger partial charge >= 0.3 is 0 Å². The SMILES string of the molecule is C[C@@H](Sc1nnnn1-c1ccc(O)cc1)C(=O)Nc1ccc(F)cc1. The lowest BCUT2D eigenvalue weighted by molar-refractivity contribution is -0.115. The van der Waals surface area contributed by atoms with Crippen LogP contribution in [0.1, 0.15) is 6.92 Å². The van der Waals surface area contributed by atoms with Crippen molar-refractivity contribution in [3.63, 3.8) is 0 Å². The molecule has 1 heterocycles. The molecule has 0 aliphatic heterocycles. The summed E-state index contributed by atoms with van der Waals surface area (Å²) in [5.74, 6) is -0.483. The minimum Gasteiger partial charge on any atom is -0.508 e. The van der Waals surface area contributed by atoms with Crippen LogP contribution in [-0.4, -0.2) is 36.5 Å². The molecule has 25 heavy (non-hydrogen) atoms. The molecule has 0 unspecified atom stereocenters. The normalized spacial score (nSPS) is 11.9. The number of tetrazole rings is 1. The molecule has 3 rings (SSSR count). The van der Waals surface area contributed by atoms with E-state index in [4.69, 9.17) is 0 Å². The van der Waals surface area contributed by atoms with Gasteiger partial charge in [-0.15, -0.1) is 5.10 Å². The first-order chi connectivity index (χ1) is 12.0. The van der Waals surface area contributed by atoms with Crippen molar-refractivity contribution in [2.75, 3.05) is 5.32 Å². The van der Waals surface area contributed by atoms with Gasteiger partial charge in [-0.3, -0.25) is 4.79 Å². The van der Waals surface area contributed by atoms with Crippen LogP contribution in [0.15, 0.2) is 53.7 Å². The lowest BCUT2D eigenvalue weighted by Gasteiger charge is -2.11. The molecule has 0 fully saturated rings. The highest BCUT2D eigenvalue weighted by Crippen LogP contribution is 2.24. The smallest absolute Gasteiger partial charge is 0.237 e. The third kappa shape index (κ3) is 4.13. The molecule has 0 saturated heterocycles. The van der Waals surface area contributed by atoms with Gasteiger partial charge in [-0.25, -0.2) is 4.39 Å². The maximum atomic E-state index is 12.9. The summed E-state index contributed by atoms with van der Waals surface area (Å²) in [4.78, 5) is 12.3. The van der Waals surface area contributed by atoms with Gasteiger partial charge in [-0.05, 0) is 65.9 Å². The fraction of sp³-hybridized carbons (Fsp3) is 0.125. The Labute approximate surface area is 146 Å². The highest BCUT2D eigenvalue weighted by molar-refractivity contribution is 8.00. The molecule has 1 atom stereocenters. The number of hydrogen-bond acceptors (Lipinski definition) is 6. The van der Waals surface area contributed by atoms with Gasteiger partial charge in [-0.2, -0.15) is 4.68 Å². The van der Waals surface area contributed by atoms with Gasteiger partial charge in [0.25, 0.3) is 0 Å². The molecule has 0 bridgehead atoms. The van der Waals surface area contributed by atoms with E-state index in [0.717, 1.165) is 0 Å². The fourth-order valence-corrected chi connectivity index (χ4v) is 2.80. The van der Waals surface area contributed by atoms with Gasteiger partial charge in [0.1, 0.15) is 11.6 Å². The van der Waals surface area contributed by atoms with Crippen LogP contribution in [0, 0.1) is 5.82 Å². The largest absolute Gasteiger partial charge is 0.508 e. The van der Waals surface area contributed by atoms with Gasteiger partial charge in [-0.1, -0.05) is 11.8 Å². The van der Waals surface area contributed by atoms with Crippen LogP contribution < -0.4 is 5.32 Å². The Balaban J connectivity index is 1.70. The quantitative estimate of drug-likeness (QED) is 0.680. The number of amides is 1. The van der Waals surface area contributed by atoms with Crippen molar-refractivity contribution in [3.8, 4) is 11.4 Å². The van der Waals surface area contributed by atoms with Crippen LogP contribution in [0.25, 0.3) is 5.69 Å². The molecule has 1 aromatic heterocycles. The summed E-state index contributed by atoms with van der Waals surface area (Å²) in [6, 6.07) is 11.9. The Morgan fingerprint density at radius 2 is 1.88 bits per heavy atom. The Hall–Kier alpha value is -2.94. The molecule has 7 nitrogen and oxygen atoms in total. The second-order valence-electron chi connectivity index (χ2n) is 5.15. The molecule has 3 aromatic rings. The summed E-state index contributed by atoms with van der Waals surface area (Å²) < 4.78 is 14.4. The number of carbonyl (C=O) groups is 1. The molecule has 2 aromatic carbocycles. The molecular weight excluding hydrogens is 345 g/mol. The van der Waals surface area contributed by atoms with E-state index in [1.165, 1.54) is 52.8 Å². The number of nitrogens with one attached hydrogen (secondary N) is 1. The molecule has 9 heteroatoms. The summed E-state index contributed by atoms with van der Waals surface area (Å²) in [5.41, 5.74) is 1.17. The van der Waals surface area contributed by atoms with Gasteiger partial charge in [0.15, 0.2) is 0 Å². The molecule has 1 amide bonds. The van der Waals surface area contributed by atoms with E-state index in [1.807, 2.05) is 0 Å². The Kier molecular flexibility index (Phi) is 4.94. The molecule has 0 aliphatic carbocycles. The molecular formula is C16H14FN5O2S. The third-order valence-corrected chi connectivity index (χ3v) is 4.33. The van der Waals surface area contributed by atoms with Crippen LogP contribution in [-0.2, 0) is 4.79 Å². The Morgan fingerprint density at radius 1 is 1.20 bits per heavy atom. The molecule has 0 aliphatic rings. The number of carbonyl (C=O) groups excluding carboxylic acids is 1. The first-order valence-corrected chi connectivity index (χ1v) is 8.22. The van der Waals surface area contributed by atoms with Crippen molar-refractivity contribution in [1.29, 1.82) is 0 Å². The molecule has 0 saturated carbocycles. The van der Waals surface area contributed by atoms with Crippen molar-refractivity contribution in [2.24, 2.45) is 0 Å². The van der Waals surface area contributed by atoms with Crippen LogP contribution >= 0.6 is 11.8 Å². The molecule has 2 N–H and O–H groups in total. The first-order valence-electron chi connectivity index (χ1n) is 7.34. The number of halogens is 1. The zero-order valence-corrected chi connectivity index (χ0v) is 13.9. The second-order valence-corrected chi connectivity index (χ2v) is 6.45. The zero-order valence-electron chi connectivity index (χ0n) is 13.1. The number of rotatable bonds is 5. The monoisotopic (exact) mass is 359 g/mol. The molecule has 0 spiro atoms. The number of anilines is 1. The van der Waals surface area contributed by atoms with Crippen LogP contribution in [0.5, 0.6) is 5.75 Å². The van der Waals surface area contributed by atoms with Crippen molar-refractivity contribution in [1.82, 2.24) is 20.2 Å². The fourth-order valence-electron chi connectivity index (χ4n) is 2.00. The number of phenolic OH excluding ortho intramolecular Hbond substituents is 1. The number of hydrogen-bond donors (Lipinski definition) is 2. The van der Waals surface area contributed by atoms with E-state index in [0.29, 0.717) is 16.5 Å². The number of aromatic nitrogens is 4. The third-order valence-electron chi connectivity index (χ3n) is 3.30. The average Bonchev–Trinajstić information content (AvgIpc) is 3.05. The summed E-state index contributed by atoms with van der Waals surface area (Å²) in [5, 5.41) is 23.5. The second kappa shape index (κ2) is 7.31. The number of phenols is 1. The average molecular weight is 359 g/mol. The van der Waals surface area contributed by atoms with E-state index in [9.17, 15) is 14.3 Å².